The van der Waals surface area contributed by atoms with Gasteiger partial charge in [0.2, 0.25) is 0 Å². The number of carbonyl (C=O) groups is 1. The Labute approximate surface area is 87.0 Å². The summed E-state index contributed by atoms with van der Waals surface area (Å²) in [7, 11) is 0. The summed E-state index contributed by atoms with van der Waals surface area (Å²) in [6.45, 7) is 1.95. The lowest BCUT2D eigenvalue weighted by Crippen LogP contribution is -1.86. The third kappa shape index (κ3) is 1.61. The van der Waals surface area contributed by atoms with Gasteiger partial charge in [-0.3, -0.25) is 4.79 Å². The molecule has 0 spiro atoms. The van der Waals surface area contributed by atoms with E-state index in [0.717, 1.165) is 23.0 Å². The summed E-state index contributed by atoms with van der Waals surface area (Å²) in [6, 6.07) is 10.0. The Morgan fingerprint density at radius 3 is 2.79 bits per heavy atom. The van der Waals surface area contributed by atoms with Crippen LogP contribution in [0.3, 0.4) is 0 Å². The molecule has 0 aliphatic rings. The largest absolute Gasteiger partial charge is 0.298 e. The Bertz CT molecular complexity index is 443. The van der Waals surface area contributed by atoms with Crippen LogP contribution < -0.4 is 0 Å². The normalized spacial score (nSPS) is 10.1. The van der Waals surface area contributed by atoms with Gasteiger partial charge in [-0.25, -0.2) is 0 Å². The van der Waals surface area contributed by atoms with E-state index in [1.54, 1.807) is 11.3 Å². The lowest BCUT2D eigenvalue weighted by atomic mass is 10.1. The molecule has 0 saturated heterocycles. The standard InChI is InChI=1S/C12H10OS/c1-9-4-5-10(7-11(9)8-13)12-3-2-6-14-12/h2-8H,1H3. The lowest BCUT2D eigenvalue weighted by molar-refractivity contribution is 0.112. The molecule has 0 aliphatic carbocycles. The monoisotopic (exact) mass is 202 g/mol. The maximum Gasteiger partial charge on any atom is 0.150 e. The van der Waals surface area contributed by atoms with Gasteiger partial charge >= 0.3 is 0 Å². The smallest absolute Gasteiger partial charge is 0.150 e. The van der Waals surface area contributed by atoms with Crippen LogP contribution in [0.2, 0.25) is 0 Å². The van der Waals surface area contributed by atoms with E-state index in [9.17, 15) is 4.79 Å². The number of thiophene rings is 1. The molecule has 0 saturated carbocycles. The molecule has 2 aromatic rings. The predicted octanol–water partition coefficient (Wildman–Crippen LogP) is 3.54. The number of aldehydes is 1. The Morgan fingerprint density at radius 2 is 2.14 bits per heavy atom. The first-order valence-electron chi connectivity index (χ1n) is 4.41. The minimum absolute atomic E-state index is 0.774. The van der Waals surface area contributed by atoms with Crippen molar-refractivity contribution in [3.05, 3.63) is 46.8 Å². The van der Waals surface area contributed by atoms with E-state index in [4.69, 9.17) is 0 Å². The Hall–Kier alpha value is -1.41. The summed E-state index contributed by atoms with van der Waals surface area (Å²) in [4.78, 5) is 12.0. The van der Waals surface area contributed by atoms with Crippen LogP contribution in [-0.2, 0) is 0 Å². The Kier molecular flexibility index (Phi) is 2.46. The molecular formula is C12H10OS. The molecule has 1 heterocycles. The number of hydrogen-bond donors (Lipinski definition) is 0. The number of hydrogen-bond acceptors (Lipinski definition) is 2. The molecule has 1 aromatic carbocycles. The SMILES string of the molecule is Cc1ccc(-c2cccs2)cc1C=O. The zero-order valence-corrected chi connectivity index (χ0v) is 8.67. The predicted molar refractivity (Wildman–Crippen MR) is 59.9 cm³/mol. The highest BCUT2D eigenvalue weighted by molar-refractivity contribution is 7.13. The Morgan fingerprint density at radius 1 is 1.29 bits per heavy atom. The second-order valence-electron chi connectivity index (χ2n) is 3.17. The van der Waals surface area contributed by atoms with E-state index in [-0.39, 0.29) is 0 Å². The molecule has 70 valence electrons. The van der Waals surface area contributed by atoms with Gasteiger partial charge in [-0.2, -0.15) is 0 Å². The summed E-state index contributed by atoms with van der Waals surface area (Å²) in [5, 5.41) is 2.04. The first-order chi connectivity index (χ1) is 6.81. The first-order valence-corrected chi connectivity index (χ1v) is 5.29. The van der Waals surface area contributed by atoms with Crippen molar-refractivity contribution in [3.8, 4) is 10.4 Å². The molecule has 0 radical (unpaired) electrons. The van der Waals surface area contributed by atoms with Gasteiger partial charge in [-0.15, -0.1) is 11.3 Å². The molecule has 0 bridgehead atoms. The highest BCUT2D eigenvalue weighted by atomic mass is 32.1. The van der Waals surface area contributed by atoms with Gasteiger partial charge in [-0.1, -0.05) is 18.2 Å². The van der Waals surface area contributed by atoms with Gasteiger partial charge in [-0.05, 0) is 35.6 Å². The molecular weight excluding hydrogens is 192 g/mol. The van der Waals surface area contributed by atoms with E-state index in [2.05, 4.69) is 6.07 Å². The molecule has 0 unspecified atom stereocenters. The molecule has 1 nitrogen and oxygen atoms in total. The maximum atomic E-state index is 10.8. The summed E-state index contributed by atoms with van der Waals surface area (Å²) in [6.07, 6.45) is 0.909. The van der Waals surface area contributed by atoms with Crippen LogP contribution in [0.25, 0.3) is 10.4 Å². The van der Waals surface area contributed by atoms with Crippen molar-refractivity contribution in [1.82, 2.24) is 0 Å². The van der Waals surface area contributed by atoms with Crippen molar-refractivity contribution in [1.29, 1.82) is 0 Å². The topological polar surface area (TPSA) is 17.1 Å². The average Bonchev–Trinajstić information content (AvgIpc) is 2.71. The molecule has 2 rings (SSSR count). The minimum Gasteiger partial charge on any atom is -0.298 e. The van der Waals surface area contributed by atoms with Crippen LogP contribution in [0.15, 0.2) is 35.7 Å². The summed E-state index contributed by atoms with van der Waals surface area (Å²) >= 11 is 1.69. The molecule has 0 fully saturated rings. The second kappa shape index (κ2) is 3.76. The number of benzene rings is 1. The van der Waals surface area contributed by atoms with E-state index in [0.29, 0.717) is 0 Å². The molecule has 1 aromatic heterocycles. The van der Waals surface area contributed by atoms with Gasteiger partial charge in [0.15, 0.2) is 0 Å². The van der Waals surface area contributed by atoms with Crippen LogP contribution in [-0.4, -0.2) is 6.29 Å². The number of carbonyl (C=O) groups excluding carboxylic acids is 1. The van der Waals surface area contributed by atoms with Crippen molar-refractivity contribution in [2.24, 2.45) is 0 Å². The third-order valence-corrected chi connectivity index (χ3v) is 3.13. The number of rotatable bonds is 2. The first kappa shape index (κ1) is 9.16. The summed E-state index contributed by atoms with van der Waals surface area (Å²) < 4.78 is 0. The highest BCUT2D eigenvalue weighted by Crippen LogP contribution is 2.25. The molecule has 2 heteroatoms. The minimum atomic E-state index is 0.774. The van der Waals surface area contributed by atoms with Gasteiger partial charge < -0.3 is 0 Å². The van der Waals surface area contributed by atoms with Crippen molar-refractivity contribution in [3.63, 3.8) is 0 Å². The second-order valence-corrected chi connectivity index (χ2v) is 4.11. The zero-order chi connectivity index (χ0) is 9.97. The molecule has 0 atom stereocenters. The van der Waals surface area contributed by atoms with E-state index < -0.39 is 0 Å². The van der Waals surface area contributed by atoms with Crippen LogP contribution in [0, 0.1) is 6.92 Å². The fourth-order valence-corrected chi connectivity index (χ4v) is 2.09. The quantitative estimate of drug-likeness (QED) is 0.681. The van der Waals surface area contributed by atoms with Gasteiger partial charge in [0, 0.05) is 10.4 Å². The fraction of sp³-hybridized carbons (Fsp3) is 0.0833. The van der Waals surface area contributed by atoms with Crippen LogP contribution in [0.5, 0.6) is 0 Å². The van der Waals surface area contributed by atoms with E-state index in [1.165, 1.54) is 4.88 Å². The summed E-state index contributed by atoms with van der Waals surface area (Å²) in [5.74, 6) is 0. The molecule has 0 aliphatic heterocycles. The van der Waals surface area contributed by atoms with Crippen molar-refractivity contribution in [2.75, 3.05) is 0 Å². The van der Waals surface area contributed by atoms with Crippen LogP contribution in [0.1, 0.15) is 15.9 Å². The summed E-state index contributed by atoms with van der Waals surface area (Å²) in [5.41, 5.74) is 2.92. The maximum absolute atomic E-state index is 10.8. The van der Waals surface area contributed by atoms with E-state index >= 15 is 0 Å². The molecule has 0 amide bonds. The van der Waals surface area contributed by atoms with Gasteiger partial charge in [0.25, 0.3) is 0 Å². The average molecular weight is 202 g/mol. The fourth-order valence-electron chi connectivity index (χ4n) is 1.36. The van der Waals surface area contributed by atoms with Crippen LogP contribution >= 0.6 is 11.3 Å². The van der Waals surface area contributed by atoms with Crippen LogP contribution in [0.4, 0.5) is 0 Å². The van der Waals surface area contributed by atoms with Crippen molar-refractivity contribution >= 4 is 17.6 Å². The lowest BCUT2D eigenvalue weighted by Gasteiger charge is -2.01. The zero-order valence-electron chi connectivity index (χ0n) is 7.86. The Balaban J connectivity index is 2.51. The van der Waals surface area contributed by atoms with Gasteiger partial charge in [0.1, 0.15) is 6.29 Å². The highest BCUT2D eigenvalue weighted by Gasteiger charge is 2.01. The van der Waals surface area contributed by atoms with Crippen molar-refractivity contribution < 1.29 is 4.79 Å². The number of aryl methyl sites for hydroxylation is 1. The van der Waals surface area contributed by atoms with Crippen molar-refractivity contribution in [2.45, 2.75) is 6.92 Å². The van der Waals surface area contributed by atoms with E-state index in [1.807, 2.05) is 36.6 Å². The molecule has 0 N–H and O–H groups in total. The third-order valence-electron chi connectivity index (χ3n) is 2.21. The molecule has 14 heavy (non-hydrogen) atoms. The van der Waals surface area contributed by atoms with Gasteiger partial charge in [0.05, 0.1) is 0 Å².